The van der Waals surface area contributed by atoms with E-state index in [1.165, 1.54) is 18.7 Å². The first-order chi connectivity index (χ1) is 17.1. The summed E-state index contributed by atoms with van der Waals surface area (Å²) in [6, 6.07) is 5.15. The SMILES string of the molecule is C#Cc1cc(C2CCN(C3CN(C)C3)CC2)cc2c1OC(C)c1c(ncnc1N1CCSCC1)N2. The fraction of sp³-hybridized carbons (Fsp3) is 0.556. The second kappa shape index (κ2) is 9.53. The number of likely N-dealkylation sites (N-methyl/N-ethyl adjacent to an activating group) is 1. The fourth-order valence-electron chi connectivity index (χ4n) is 5.96. The quantitative estimate of drug-likeness (QED) is 0.654. The molecule has 4 aliphatic heterocycles. The van der Waals surface area contributed by atoms with Crippen molar-refractivity contribution in [3.8, 4) is 18.1 Å². The van der Waals surface area contributed by atoms with Gasteiger partial charge >= 0.3 is 0 Å². The molecule has 184 valence electrons. The third-order valence-electron chi connectivity index (χ3n) is 7.96. The van der Waals surface area contributed by atoms with E-state index in [-0.39, 0.29) is 6.10 Å². The summed E-state index contributed by atoms with van der Waals surface area (Å²) >= 11 is 1.99. The predicted octanol–water partition coefficient (Wildman–Crippen LogP) is 3.70. The largest absolute Gasteiger partial charge is 0.482 e. The minimum atomic E-state index is -0.202. The Labute approximate surface area is 212 Å². The van der Waals surface area contributed by atoms with Crippen molar-refractivity contribution in [2.24, 2.45) is 0 Å². The van der Waals surface area contributed by atoms with E-state index in [4.69, 9.17) is 11.2 Å². The third-order valence-corrected chi connectivity index (χ3v) is 8.90. The molecule has 4 aliphatic rings. The zero-order chi connectivity index (χ0) is 23.9. The molecule has 0 bridgehead atoms. The van der Waals surface area contributed by atoms with Crippen molar-refractivity contribution in [1.82, 2.24) is 19.8 Å². The second-order valence-corrected chi connectivity index (χ2v) is 11.4. The molecule has 35 heavy (non-hydrogen) atoms. The Hall–Kier alpha value is -2.47. The summed E-state index contributed by atoms with van der Waals surface area (Å²) in [5.41, 5.74) is 4.05. The average Bonchev–Trinajstić information content (AvgIpc) is 3.02. The number of ether oxygens (including phenoxy) is 1. The van der Waals surface area contributed by atoms with E-state index in [9.17, 15) is 0 Å². The lowest BCUT2D eigenvalue weighted by atomic mass is 9.87. The van der Waals surface area contributed by atoms with E-state index < -0.39 is 0 Å². The molecule has 3 fully saturated rings. The van der Waals surface area contributed by atoms with E-state index in [0.717, 1.165) is 90.8 Å². The van der Waals surface area contributed by atoms with Gasteiger partial charge in [0.2, 0.25) is 0 Å². The summed E-state index contributed by atoms with van der Waals surface area (Å²) in [4.78, 5) is 16.7. The number of anilines is 3. The number of nitrogens with one attached hydrogen (secondary N) is 1. The zero-order valence-electron chi connectivity index (χ0n) is 20.7. The van der Waals surface area contributed by atoms with E-state index in [1.54, 1.807) is 6.33 Å². The highest BCUT2D eigenvalue weighted by molar-refractivity contribution is 7.99. The molecule has 1 aromatic carbocycles. The topological polar surface area (TPSA) is 56.8 Å². The molecule has 0 amide bonds. The molecular weight excluding hydrogens is 456 g/mol. The normalized spacial score (nSPS) is 23.8. The van der Waals surface area contributed by atoms with Gasteiger partial charge in [-0.1, -0.05) is 5.92 Å². The number of benzene rings is 1. The molecule has 8 heteroatoms. The van der Waals surface area contributed by atoms with E-state index in [2.05, 4.69) is 62.0 Å². The lowest BCUT2D eigenvalue weighted by Crippen LogP contribution is -2.59. The van der Waals surface area contributed by atoms with Crippen molar-refractivity contribution in [3.63, 3.8) is 0 Å². The van der Waals surface area contributed by atoms with Crippen molar-refractivity contribution in [2.45, 2.75) is 37.8 Å². The van der Waals surface area contributed by atoms with Crippen LogP contribution >= 0.6 is 11.8 Å². The third kappa shape index (κ3) is 4.35. The Morgan fingerprint density at radius 2 is 1.89 bits per heavy atom. The smallest absolute Gasteiger partial charge is 0.159 e. The van der Waals surface area contributed by atoms with Crippen LogP contribution in [0.15, 0.2) is 18.5 Å². The molecule has 5 heterocycles. The Kier molecular flexibility index (Phi) is 6.25. The van der Waals surface area contributed by atoms with Crippen molar-refractivity contribution in [2.75, 3.05) is 68.0 Å². The summed E-state index contributed by atoms with van der Waals surface area (Å²) in [5.74, 6) is 8.19. The monoisotopic (exact) mass is 490 g/mol. The average molecular weight is 491 g/mol. The first-order valence-corrected chi connectivity index (χ1v) is 13.9. The van der Waals surface area contributed by atoms with Crippen molar-refractivity contribution in [3.05, 3.63) is 35.2 Å². The first-order valence-electron chi connectivity index (χ1n) is 12.8. The Morgan fingerprint density at radius 1 is 1.11 bits per heavy atom. The molecule has 3 saturated heterocycles. The Bertz CT molecular complexity index is 1130. The molecule has 0 aliphatic carbocycles. The standard InChI is InChI=1S/C27H34N6OS/c1-4-19-13-21(20-5-7-32(8-6-20)22-15-31(3)16-22)14-23-25(19)34-18(2)24-26(30-23)28-17-29-27(24)33-9-11-35-12-10-33/h1,13-14,17-18,20,22H,5-12,15-16H2,2-3H3,(H,28,29,30). The van der Waals surface area contributed by atoms with Gasteiger partial charge in [0.05, 0.1) is 16.8 Å². The number of thioether (sulfide) groups is 1. The Morgan fingerprint density at radius 3 is 2.60 bits per heavy atom. The van der Waals surface area contributed by atoms with Crippen LogP contribution in [-0.4, -0.2) is 83.6 Å². The number of hydrogen-bond acceptors (Lipinski definition) is 8. The summed E-state index contributed by atoms with van der Waals surface area (Å²) < 4.78 is 6.53. The molecule has 0 spiro atoms. The molecule has 0 saturated carbocycles. The van der Waals surface area contributed by atoms with Crippen LogP contribution in [0.25, 0.3) is 0 Å². The molecular formula is C27H34N6OS. The van der Waals surface area contributed by atoms with Crippen LogP contribution < -0.4 is 15.0 Å². The van der Waals surface area contributed by atoms with Gasteiger partial charge in [-0.25, -0.2) is 9.97 Å². The number of piperidine rings is 1. The number of aromatic nitrogens is 2. The van der Waals surface area contributed by atoms with Gasteiger partial charge in [-0.2, -0.15) is 11.8 Å². The van der Waals surface area contributed by atoms with Gasteiger partial charge in [0, 0.05) is 43.7 Å². The number of nitrogens with zero attached hydrogens (tertiary/aromatic N) is 5. The summed E-state index contributed by atoms with van der Waals surface area (Å²) in [6.07, 6.45) is 9.80. The minimum absolute atomic E-state index is 0.202. The van der Waals surface area contributed by atoms with Crippen molar-refractivity contribution < 1.29 is 4.74 Å². The molecule has 1 atom stereocenters. The van der Waals surface area contributed by atoms with Gasteiger partial charge in [0.25, 0.3) is 0 Å². The van der Waals surface area contributed by atoms with Crippen LogP contribution in [0, 0.1) is 12.3 Å². The van der Waals surface area contributed by atoms with E-state index in [1.807, 2.05) is 11.8 Å². The van der Waals surface area contributed by atoms with Gasteiger partial charge in [-0.05, 0) is 63.5 Å². The Balaban J connectivity index is 1.28. The van der Waals surface area contributed by atoms with Crippen LogP contribution in [0.2, 0.25) is 0 Å². The molecule has 7 nitrogen and oxygen atoms in total. The van der Waals surface area contributed by atoms with Crippen LogP contribution in [0.4, 0.5) is 17.3 Å². The molecule has 1 unspecified atom stereocenters. The van der Waals surface area contributed by atoms with Crippen LogP contribution in [0.5, 0.6) is 5.75 Å². The molecule has 6 rings (SSSR count). The highest BCUT2D eigenvalue weighted by atomic mass is 32.2. The maximum atomic E-state index is 6.53. The zero-order valence-corrected chi connectivity index (χ0v) is 21.5. The summed E-state index contributed by atoms with van der Waals surface area (Å²) in [7, 11) is 2.20. The van der Waals surface area contributed by atoms with Gasteiger partial charge in [-0.15, -0.1) is 6.42 Å². The lowest BCUT2D eigenvalue weighted by molar-refractivity contribution is 0.0363. The fourth-order valence-corrected chi connectivity index (χ4v) is 6.86. The number of fused-ring (bicyclic) bond motifs is 2. The highest BCUT2D eigenvalue weighted by Crippen LogP contribution is 2.45. The van der Waals surface area contributed by atoms with Crippen molar-refractivity contribution >= 4 is 29.1 Å². The molecule has 1 aromatic heterocycles. The van der Waals surface area contributed by atoms with Gasteiger partial charge in [0.15, 0.2) is 5.75 Å². The molecule has 2 aromatic rings. The highest BCUT2D eigenvalue weighted by Gasteiger charge is 2.33. The van der Waals surface area contributed by atoms with Gasteiger partial charge in [-0.3, -0.25) is 4.90 Å². The van der Waals surface area contributed by atoms with Crippen LogP contribution in [0.1, 0.15) is 48.5 Å². The summed E-state index contributed by atoms with van der Waals surface area (Å²) in [6.45, 7) is 8.75. The number of terminal acetylenes is 1. The maximum Gasteiger partial charge on any atom is 0.159 e. The van der Waals surface area contributed by atoms with Gasteiger partial charge in [0.1, 0.15) is 24.1 Å². The maximum absolute atomic E-state index is 6.53. The summed E-state index contributed by atoms with van der Waals surface area (Å²) in [5, 5.41) is 3.60. The van der Waals surface area contributed by atoms with Gasteiger partial charge < -0.3 is 19.9 Å². The number of likely N-dealkylation sites (tertiary alicyclic amines) is 2. The molecule has 0 radical (unpaired) electrons. The van der Waals surface area contributed by atoms with Crippen LogP contribution in [0.3, 0.4) is 0 Å². The second-order valence-electron chi connectivity index (χ2n) is 10.2. The van der Waals surface area contributed by atoms with E-state index >= 15 is 0 Å². The first kappa shape index (κ1) is 23.0. The van der Waals surface area contributed by atoms with E-state index in [0.29, 0.717) is 5.92 Å². The van der Waals surface area contributed by atoms with Crippen LogP contribution in [-0.2, 0) is 0 Å². The minimum Gasteiger partial charge on any atom is -0.482 e. The molecule has 1 N–H and O–H groups in total. The number of rotatable bonds is 3. The number of hydrogen-bond donors (Lipinski definition) is 1. The predicted molar refractivity (Wildman–Crippen MR) is 143 cm³/mol. The van der Waals surface area contributed by atoms with Crippen molar-refractivity contribution in [1.29, 1.82) is 0 Å². The lowest BCUT2D eigenvalue weighted by Gasteiger charge is -2.46.